The van der Waals surface area contributed by atoms with Gasteiger partial charge >= 0.3 is 12.1 Å². The van der Waals surface area contributed by atoms with Crippen molar-refractivity contribution in [2.45, 2.75) is 50.4 Å². The van der Waals surface area contributed by atoms with Gasteiger partial charge in [0.1, 0.15) is 0 Å². The van der Waals surface area contributed by atoms with Crippen molar-refractivity contribution in [1.82, 2.24) is 4.90 Å². The molecule has 0 bridgehead atoms. The van der Waals surface area contributed by atoms with Gasteiger partial charge in [-0.1, -0.05) is 37.3 Å². The third-order valence-electron chi connectivity index (χ3n) is 7.87. The first kappa shape index (κ1) is 24.6. The molecule has 0 aromatic heterocycles. The van der Waals surface area contributed by atoms with E-state index in [9.17, 15) is 35.5 Å². The predicted molar refractivity (Wildman–Crippen MR) is 121 cm³/mol. The number of alkyl halides is 5. The van der Waals surface area contributed by atoms with Gasteiger partial charge in [-0.25, -0.2) is 8.42 Å². The second kappa shape index (κ2) is 7.73. The number of rotatable bonds is 4. The van der Waals surface area contributed by atoms with E-state index in [0.717, 1.165) is 42.8 Å². The maximum absolute atomic E-state index is 14.4. The Balaban J connectivity index is 1.38. The van der Waals surface area contributed by atoms with Crippen LogP contribution >= 0.6 is 0 Å². The summed E-state index contributed by atoms with van der Waals surface area (Å²) in [5.74, 6) is -3.94. The molecule has 2 aromatic carbocycles. The lowest BCUT2D eigenvalue weighted by molar-refractivity contribution is -0.364. The van der Waals surface area contributed by atoms with Crippen LogP contribution in [-0.2, 0) is 34.3 Å². The van der Waals surface area contributed by atoms with Crippen molar-refractivity contribution in [2.24, 2.45) is 5.41 Å². The average molecular weight is 516 g/mol. The number of fused-ring (bicyclic) bond motifs is 1. The van der Waals surface area contributed by atoms with E-state index in [1.807, 2.05) is 19.1 Å². The smallest absolute Gasteiger partial charge is 0.371 e. The summed E-state index contributed by atoms with van der Waals surface area (Å²) in [6.07, 6.45) is -3.36. The van der Waals surface area contributed by atoms with Gasteiger partial charge in [0.05, 0.1) is 11.5 Å². The van der Waals surface area contributed by atoms with Crippen LogP contribution in [0.4, 0.5) is 22.0 Å². The van der Waals surface area contributed by atoms with E-state index in [-0.39, 0.29) is 16.9 Å². The van der Waals surface area contributed by atoms with Crippen LogP contribution < -0.4 is 0 Å². The predicted octanol–water partition coefficient (Wildman–Crippen LogP) is 4.78. The van der Waals surface area contributed by atoms with E-state index in [0.29, 0.717) is 30.5 Å². The van der Waals surface area contributed by atoms with E-state index in [1.165, 1.54) is 6.07 Å². The number of nitrogens with zero attached hydrogens (tertiary/aromatic N) is 1. The lowest BCUT2D eigenvalue weighted by atomic mass is 9.68. The molecule has 0 radical (unpaired) electrons. The Morgan fingerprint density at radius 3 is 2.43 bits per heavy atom. The molecule has 1 aliphatic carbocycles. The van der Waals surface area contributed by atoms with Crippen molar-refractivity contribution in [3.63, 3.8) is 0 Å². The molecule has 2 aromatic rings. The van der Waals surface area contributed by atoms with Gasteiger partial charge in [0.25, 0.3) is 5.60 Å². The fourth-order valence-electron chi connectivity index (χ4n) is 5.96. The van der Waals surface area contributed by atoms with Gasteiger partial charge in [-0.15, -0.1) is 0 Å². The number of halogens is 5. The zero-order valence-corrected chi connectivity index (χ0v) is 19.9. The zero-order valence-electron chi connectivity index (χ0n) is 19.1. The minimum Gasteiger partial charge on any atom is -0.371 e. The van der Waals surface area contributed by atoms with E-state index in [1.54, 1.807) is 6.07 Å². The van der Waals surface area contributed by atoms with Crippen molar-refractivity contribution in [3.8, 4) is 11.1 Å². The van der Waals surface area contributed by atoms with E-state index >= 15 is 0 Å². The molecule has 2 saturated heterocycles. The first-order valence-corrected chi connectivity index (χ1v) is 13.4. The summed E-state index contributed by atoms with van der Waals surface area (Å²) < 4.78 is 92.3. The number of hydrogen-bond donors (Lipinski definition) is 1. The van der Waals surface area contributed by atoms with Crippen LogP contribution in [0, 0.1) is 5.41 Å². The maximum Gasteiger partial charge on any atom is 0.427 e. The molecule has 0 saturated carbocycles. The third-order valence-corrected chi connectivity index (χ3v) is 9.75. The Morgan fingerprint density at radius 2 is 1.80 bits per heavy atom. The van der Waals surface area contributed by atoms with Crippen molar-refractivity contribution >= 4 is 9.84 Å². The summed E-state index contributed by atoms with van der Waals surface area (Å²) in [5.41, 5.74) is -3.07. The second-order valence-electron chi connectivity index (χ2n) is 10.2. The molecule has 190 valence electrons. The molecule has 10 heteroatoms. The van der Waals surface area contributed by atoms with Crippen molar-refractivity contribution in [3.05, 3.63) is 58.7 Å². The van der Waals surface area contributed by atoms with E-state index < -0.39 is 38.7 Å². The Labute approximate surface area is 200 Å². The summed E-state index contributed by atoms with van der Waals surface area (Å²) >= 11 is 0. The summed E-state index contributed by atoms with van der Waals surface area (Å²) in [6, 6.07) is 8.93. The highest BCUT2D eigenvalue weighted by atomic mass is 32.2. The van der Waals surface area contributed by atoms with Gasteiger partial charge in [-0.05, 0) is 59.5 Å². The first-order chi connectivity index (χ1) is 16.2. The van der Waals surface area contributed by atoms with Crippen LogP contribution in [0.25, 0.3) is 11.1 Å². The maximum atomic E-state index is 14.4. The van der Waals surface area contributed by atoms with E-state index in [4.69, 9.17) is 0 Å². The summed E-state index contributed by atoms with van der Waals surface area (Å²) in [5, 5.41) is 9.75. The molecule has 5 rings (SSSR count). The highest BCUT2D eigenvalue weighted by molar-refractivity contribution is 7.91. The number of sulfone groups is 1. The van der Waals surface area contributed by atoms with Crippen LogP contribution in [0.3, 0.4) is 0 Å². The third kappa shape index (κ3) is 3.71. The first-order valence-electron chi connectivity index (χ1n) is 11.6. The van der Waals surface area contributed by atoms with Crippen LogP contribution in [0.1, 0.15) is 42.0 Å². The van der Waals surface area contributed by atoms with Crippen LogP contribution in [0.15, 0.2) is 36.4 Å². The van der Waals surface area contributed by atoms with Gasteiger partial charge in [0, 0.05) is 24.2 Å². The fraction of sp³-hybridized carbons (Fsp3) is 0.520. The monoisotopic (exact) mass is 515 g/mol. The summed E-state index contributed by atoms with van der Waals surface area (Å²) in [4.78, 5) is 2.24. The van der Waals surface area contributed by atoms with Gasteiger partial charge in [0.2, 0.25) is 0 Å². The molecule has 2 unspecified atom stereocenters. The molecule has 2 aliphatic heterocycles. The highest BCUT2D eigenvalue weighted by Crippen LogP contribution is 2.63. The average Bonchev–Trinajstić information content (AvgIpc) is 3.32. The van der Waals surface area contributed by atoms with Gasteiger partial charge in [-0.2, -0.15) is 22.0 Å². The molecule has 4 nitrogen and oxygen atoms in total. The second-order valence-corrected chi connectivity index (χ2v) is 12.4. The molecule has 1 spiro atoms. The molecule has 1 N–H and O–H groups in total. The number of aryl methyl sites for hydroxylation is 1. The largest absolute Gasteiger partial charge is 0.427 e. The van der Waals surface area contributed by atoms with Gasteiger partial charge in [-0.3, -0.25) is 4.90 Å². The Bertz CT molecular complexity index is 1290. The van der Waals surface area contributed by atoms with Crippen LogP contribution in [0.2, 0.25) is 0 Å². The molecule has 0 amide bonds. The summed E-state index contributed by atoms with van der Waals surface area (Å²) in [7, 11) is -2.97. The number of aliphatic hydroxyl groups is 1. The number of benzene rings is 2. The molecule has 3 aliphatic rings. The fourth-order valence-corrected chi connectivity index (χ4v) is 8.17. The number of likely N-dealkylation sites (tertiary alicyclic amines) is 1. The molecule has 2 fully saturated rings. The van der Waals surface area contributed by atoms with Crippen molar-refractivity contribution < 1.29 is 35.5 Å². The Kier molecular flexibility index (Phi) is 5.44. The Morgan fingerprint density at radius 1 is 1.06 bits per heavy atom. The Hall–Kier alpha value is -2.04. The molecule has 2 heterocycles. The quantitative estimate of drug-likeness (QED) is 0.596. The highest BCUT2D eigenvalue weighted by Gasteiger charge is 2.78. The normalized spacial score (nSPS) is 29.3. The van der Waals surface area contributed by atoms with Crippen LogP contribution in [0.5, 0.6) is 0 Å². The zero-order chi connectivity index (χ0) is 25.4. The molecule has 35 heavy (non-hydrogen) atoms. The molecular formula is C25H26F5NO3S. The van der Waals surface area contributed by atoms with Gasteiger partial charge < -0.3 is 5.11 Å². The molecular weight excluding hydrogens is 489 g/mol. The SMILES string of the molecule is CCc1cc(CN2CCC3(CCS(=O)(=O)C3)C2)ccc1-c1ccc2c(c1)C(F)(F)C2(O)C(F)(F)F. The van der Waals surface area contributed by atoms with Crippen molar-refractivity contribution in [2.75, 3.05) is 24.6 Å². The van der Waals surface area contributed by atoms with Gasteiger partial charge in [0.15, 0.2) is 9.84 Å². The standard InChI is InChI=1S/C25H26F5NO3S/c1-2-17-11-16(13-31-9-7-22(14-31)8-10-35(33,34)15-22)3-5-19(17)18-4-6-20-21(12-18)24(26,27)23(20,32)25(28,29)30/h3-6,11-12,32H,2,7-10,13-15H2,1H3. The minimum atomic E-state index is -5.49. The van der Waals surface area contributed by atoms with Crippen LogP contribution in [-0.4, -0.2) is 49.2 Å². The lowest BCUT2D eigenvalue weighted by Crippen LogP contribution is -2.62. The molecule has 2 atom stereocenters. The summed E-state index contributed by atoms with van der Waals surface area (Å²) in [6.45, 7) is 4.07. The topological polar surface area (TPSA) is 57.6 Å². The number of hydrogen-bond acceptors (Lipinski definition) is 4. The van der Waals surface area contributed by atoms with Crippen molar-refractivity contribution in [1.29, 1.82) is 0 Å². The lowest BCUT2D eigenvalue weighted by Gasteiger charge is -2.47. The van der Waals surface area contributed by atoms with E-state index in [2.05, 4.69) is 4.90 Å². The minimum absolute atomic E-state index is 0.165.